The molecule has 0 heterocycles. The number of hydrogen-bond donors (Lipinski definition) is 4. The molecule has 0 aliphatic carbocycles. The summed E-state index contributed by atoms with van der Waals surface area (Å²) >= 11 is 0. The maximum Gasteiger partial charge on any atom is 0.0471 e. The molecule has 0 rings (SSSR count). The van der Waals surface area contributed by atoms with Crippen LogP contribution >= 0.6 is 0 Å². The third-order valence-corrected chi connectivity index (χ3v) is 3.34. The van der Waals surface area contributed by atoms with Crippen LogP contribution in [-0.2, 0) is 0 Å². The van der Waals surface area contributed by atoms with Crippen molar-refractivity contribution in [3.63, 3.8) is 0 Å². The van der Waals surface area contributed by atoms with Crippen molar-refractivity contribution in [3.8, 4) is 0 Å². The van der Waals surface area contributed by atoms with E-state index < -0.39 is 0 Å². The molecule has 0 aromatic carbocycles. The zero-order valence-corrected chi connectivity index (χ0v) is 13.0. The summed E-state index contributed by atoms with van der Waals surface area (Å²) in [6, 6.07) is 0.861. The Labute approximate surface area is 113 Å². The summed E-state index contributed by atoms with van der Waals surface area (Å²) in [6.07, 6.45) is 0. The molecule has 0 aromatic rings. The van der Waals surface area contributed by atoms with Crippen molar-refractivity contribution in [2.75, 3.05) is 26.3 Å². The molecule has 18 heavy (non-hydrogen) atoms. The van der Waals surface area contributed by atoms with Crippen molar-refractivity contribution < 1.29 is 10.2 Å². The predicted octanol–water partition coefficient (Wildman–Crippen LogP) is 1.23. The molecule has 0 radical (unpaired) electrons. The molecule has 0 aromatic heterocycles. The first-order chi connectivity index (χ1) is 8.44. The molecule has 0 saturated carbocycles. The van der Waals surface area contributed by atoms with Crippen molar-refractivity contribution >= 4 is 0 Å². The molecule has 4 nitrogen and oxygen atoms in total. The molecule has 0 aliphatic rings. The second-order valence-electron chi connectivity index (χ2n) is 5.01. The Balaban J connectivity index is 0. The lowest BCUT2D eigenvalue weighted by molar-refractivity contribution is 0.208. The average Bonchev–Trinajstić information content (AvgIpc) is 2.38. The van der Waals surface area contributed by atoms with E-state index in [9.17, 15) is 0 Å². The van der Waals surface area contributed by atoms with Crippen LogP contribution in [0.15, 0.2) is 0 Å². The van der Waals surface area contributed by atoms with E-state index in [0.717, 1.165) is 13.1 Å². The number of hydrogen-bond acceptors (Lipinski definition) is 4. The average molecular weight is 262 g/mol. The van der Waals surface area contributed by atoms with Crippen LogP contribution in [0.5, 0.6) is 0 Å². The molecule has 4 unspecified atom stereocenters. The summed E-state index contributed by atoms with van der Waals surface area (Å²) in [5, 5.41) is 23.9. The Morgan fingerprint density at radius 3 is 1.17 bits per heavy atom. The van der Waals surface area contributed by atoms with Crippen LogP contribution in [0.1, 0.15) is 41.5 Å². The lowest BCUT2D eigenvalue weighted by atomic mass is 10.1. The van der Waals surface area contributed by atoms with E-state index in [0.29, 0.717) is 23.9 Å². The van der Waals surface area contributed by atoms with Gasteiger partial charge in [-0.25, -0.2) is 0 Å². The van der Waals surface area contributed by atoms with E-state index >= 15 is 0 Å². The van der Waals surface area contributed by atoms with E-state index in [2.05, 4.69) is 38.3 Å². The fourth-order valence-electron chi connectivity index (χ4n) is 1.36. The highest BCUT2D eigenvalue weighted by Crippen LogP contribution is 1.99. The molecular weight excluding hydrogens is 228 g/mol. The molecule has 0 saturated heterocycles. The molecule has 0 spiro atoms. The van der Waals surface area contributed by atoms with Gasteiger partial charge in [0, 0.05) is 25.3 Å². The Bertz CT molecular complexity index is 150. The highest BCUT2D eigenvalue weighted by atomic mass is 16.3. The second kappa shape index (κ2) is 13.3. The summed E-state index contributed by atoms with van der Waals surface area (Å²) in [4.78, 5) is 0. The molecule has 112 valence electrons. The van der Waals surface area contributed by atoms with Gasteiger partial charge in [-0.2, -0.15) is 0 Å². The van der Waals surface area contributed by atoms with Gasteiger partial charge < -0.3 is 20.8 Å². The van der Waals surface area contributed by atoms with Gasteiger partial charge in [-0.1, -0.05) is 27.7 Å². The largest absolute Gasteiger partial charge is 0.396 e. The van der Waals surface area contributed by atoms with Crippen LogP contribution in [0.3, 0.4) is 0 Å². The third kappa shape index (κ3) is 11.0. The van der Waals surface area contributed by atoms with Crippen molar-refractivity contribution in [2.24, 2.45) is 11.8 Å². The van der Waals surface area contributed by atoms with Crippen LogP contribution in [0.4, 0.5) is 0 Å². The van der Waals surface area contributed by atoms with Gasteiger partial charge in [0.15, 0.2) is 0 Å². The van der Waals surface area contributed by atoms with Gasteiger partial charge in [0.25, 0.3) is 0 Å². The van der Waals surface area contributed by atoms with E-state index in [4.69, 9.17) is 10.2 Å². The van der Waals surface area contributed by atoms with Crippen LogP contribution in [0, 0.1) is 11.8 Å². The van der Waals surface area contributed by atoms with E-state index in [-0.39, 0.29) is 13.2 Å². The van der Waals surface area contributed by atoms with Crippen LogP contribution in [0.25, 0.3) is 0 Å². The lowest BCUT2D eigenvalue weighted by Gasteiger charge is -2.17. The summed E-state index contributed by atoms with van der Waals surface area (Å²) in [6.45, 7) is 14.9. The highest BCUT2D eigenvalue weighted by molar-refractivity contribution is 4.66. The zero-order valence-electron chi connectivity index (χ0n) is 13.0. The van der Waals surface area contributed by atoms with Gasteiger partial charge in [0.2, 0.25) is 0 Å². The van der Waals surface area contributed by atoms with Gasteiger partial charge >= 0.3 is 0 Å². The minimum Gasteiger partial charge on any atom is -0.396 e. The Kier molecular flexibility index (Phi) is 14.9. The molecule has 0 fully saturated rings. The highest BCUT2D eigenvalue weighted by Gasteiger charge is 2.08. The van der Waals surface area contributed by atoms with Gasteiger partial charge in [0.1, 0.15) is 0 Å². The Morgan fingerprint density at radius 1 is 0.722 bits per heavy atom. The zero-order chi connectivity index (χ0) is 14.6. The minimum atomic E-state index is 0.272. The molecule has 0 amide bonds. The van der Waals surface area contributed by atoms with Crippen LogP contribution in [0.2, 0.25) is 0 Å². The summed E-state index contributed by atoms with van der Waals surface area (Å²) in [5.74, 6) is 0.731. The molecular formula is C14H34N2O2. The normalized spacial score (nSPS) is 17.3. The smallest absolute Gasteiger partial charge is 0.0471 e. The van der Waals surface area contributed by atoms with Gasteiger partial charge in [0.05, 0.1) is 0 Å². The van der Waals surface area contributed by atoms with E-state index in [1.165, 1.54) is 0 Å². The lowest BCUT2D eigenvalue weighted by Crippen LogP contribution is -2.33. The van der Waals surface area contributed by atoms with E-state index in [1.807, 2.05) is 13.8 Å². The van der Waals surface area contributed by atoms with Gasteiger partial charge in [-0.05, 0) is 38.8 Å². The topological polar surface area (TPSA) is 64.5 Å². The second-order valence-corrected chi connectivity index (χ2v) is 5.01. The maximum atomic E-state index is 8.69. The minimum absolute atomic E-state index is 0.272. The number of nitrogens with one attached hydrogen (secondary N) is 2. The first kappa shape index (κ1) is 20.2. The fraction of sp³-hybridized carbons (Fsp3) is 1.00. The monoisotopic (exact) mass is 262 g/mol. The Morgan fingerprint density at radius 2 is 1.00 bits per heavy atom. The summed E-state index contributed by atoms with van der Waals surface area (Å²) < 4.78 is 0. The van der Waals surface area contributed by atoms with Gasteiger partial charge in [-0.3, -0.25) is 0 Å². The fourth-order valence-corrected chi connectivity index (χ4v) is 1.36. The third-order valence-electron chi connectivity index (χ3n) is 3.34. The van der Waals surface area contributed by atoms with Crippen LogP contribution < -0.4 is 10.6 Å². The number of aliphatic hydroxyl groups excluding tert-OH is 2. The van der Waals surface area contributed by atoms with Crippen molar-refractivity contribution in [1.82, 2.24) is 10.6 Å². The number of rotatable bonds is 8. The first-order valence-corrected chi connectivity index (χ1v) is 7.12. The summed E-state index contributed by atoms with van der Waals surface area (Å²) in [7, 11) is 0. The quantitative estimate of drug-likeness (QED) is 0.531. The first-order valence-electron chi connectivity index (χ1n) is 7.12. The maximum absolute atomic E-state index is 8.69. The van der Waals surface area contributed by atoms with Crippen molar-refractivity contribution in [1.29, 1.82) is 0 Å². The number of aliphatic hydroxyl groups is 2. The predicted molar refractivity (Wildman–Crippen MR) is 78.8 cm³/mol. The molecule has 0 aliphatic heterocycles. The molecule has 4 N–H and O–H groups in total. The molecule has 4 heteroatoms. The summed E-state index contributed by atoms with van der Waals surface area (Å²) in [5.41, 5.74) is 0. The standard InChI is InChI=1S/2C7H17NO/c2*1-4-8-7(3)6(2)5-9/h2*6-9H,4-5H2,1-3H3. The molecule has 0 bridgehead atoms. The van der Waals surface area contributed by atoms with Gasteiger partial charge in [-0.15, -0.1) is 0 Å². The molecule has 4 atom stereocenters. The SMILES string of the molecule is CCNC(C)C(C)CO.CCNC(C)C(C)CO. The van der Waals surface area contributed by atoms with Crippen LogP contribution in [-0.4, -0.2) is 48.6 Å². The van der Waals surface area contributed by atoms with Crippen molar-refractivity contribution in [3.05, 3.63) is 0 Å². The Hall–Kier alpha value is -0.160. The van der Waals surface area contributed by atoms with Crippen molar-refractivity contribution in [2.45, 2.75) is 53.6 Å². The van der Waals surface area contributed by atoms with E-state index in [1.54, 1.807) is 0 Å².